The first-order valence-electron chi connectivity index (χ1n) is 14.8. The second-order valence-corrected chi connectivity index (χ2v) is 13.1. The fourth-order valence-electron chi connectivity index (χ4n) is 4.82. The van der Waals surface area contributed by atoms with Gasteiger partial charge in [0.05, 0.1) is 10.6 Å². The Balaban J connectivity index is 1.78. The third-order valence-electron chi connectivity index (χ3n) is 7.37. The second-order valence-electron chi connectivity index (χ2n) is 10.8. The normalized spacial score (nSPS) is 11.9. The zero-order chi connectivity index (χ0) is 32.4. The van der Waals surface area contributed by atoms with Crippen LogP contribution >= 0.6 is 11.6 Å². The first kappa shape index (κ1) is 33.7. The number of unbranched alkanes of at least 4 members (excludes halogenated alkanes) is 1. The minimum absolute atomic E-state index is 0.0384. The number of rotatable bonds is 14. The Morgan fingerprint density at radius 1 is 0.867 bits per heavy atom. The van der Waals surface area contributed by atoms with Gasteiger partial charge < -0.3 is 10.2 Å². The number of amides is 2. The highest BCUT2D eigenvalue weighted by Gasteiger charge is 2.34. The zero-order valence-corrected chi connectivity index (χ0v) is 26.9. The topological polar surface area (TPSA) is 86.8 Å². The second kappa shape index (κ2) is 15.7. The molecule has 4 aromatic carbocycles. The first-order valence-corrected chi connectivity index (χ1v) is 16.6. The molecule has 10 heteroatoms. The number of nitrogens with zero attached hydrogens (tertiary/aromatic N) is 2. The lowest BCUT2D eigenvalue weighted by molar-refractivity contribution is -0.140. The van der Waals surface area contributed by atoms with E-state index in [-0.39, 0.29) is 29.5 Å². The number of halogens is 2. The summed E-state index contributed by atoms with van der Waals surface area (Å²) in [7, 11) is -4.24. The number of benzene rings is 4. The van der Waals surface area contributed by atoms with E-state index < -0.39 is 34.3 Å². The van der Waals surface area contributed by atoms with Crippen molar-refractivity contribution in [1.29, 1.82) is 0 Å². The molecule has 1 N–H and O–H groups in total. The maximum atomic E-state index is 14.4. The van der Waals surface area contributed by atoms with E-state index in [9.17, 15) is 22.4 Å². The van der Waals surface area contributed by atoms with Gasteiger partial charge in [-0.2, -0.15) is 0 Å². The van der Waals surface area contributed by atoms with E-state index in [0.717, 1.165) is 28.3 Å². The number of carbonyl (C=O) groups excluding carboxylic acids is 2. The summed E-state index contributed by atoms with van der Waals surface area (Å²) in [6.07, 6.45) is 1.83. The average Bonchev–Trinajstić information content (AvgIpc) is 3.03. The maximum Gasteiger partial charge on any atom is 0.264 e. The van der Waals surface area contributed by atoms with Crippen LogP contribution in [0, 0.1) is 12.7 Å². The average molecular weight is 650 g/mol. The molecule has 1 atom stereocenters. The summed E-state index contributed by atoms with van der Waals surface area (Å²) in [5.74, 6) is -1.39. The highest BCUT2D eigenvalue weighted by molar-refractivity contribution is 7.92. The van der Waals surface area contributed by atoms with Gasteiger partial charge in [0.1, 0.15) is 18.4 Å². The molecule has 7 nitrogen and oxygen atoms in total. The van der Waals surface area contributed by atoms with Crippen LogP contribution < -0.4 is 9.62 Å². The van der Waals surface area contributed by atoms with E-state index in [1.807, 2.05) is 44.2 Å². The SMILES string of the molecule is CCCCNC(=O)C(Cc1ccccc1)N(Cc1ccc(F)cc1)C(=O)CN(c1ccc(C)cc1)S(=O)(=O)c1ccc(Cl)cc1. The lowest BCUT2D eigenvalue weighted by Crippen LogP contribution is -2.53. The van der Waals surface area contributed by atoms with Gasteiger partial charge in [-0.25, -0.2) is 12.8 Å². The third-order valence-corrected chi connectivity index (χ3v) is 9.41. The minimum atomic E-state index is -4.24. The van der Waals surface area contributed by atoms with Crippen LogP contribution in [0.1, 0.15) is 36.5 Å². The Morgan fingerprint density at radius 2 is 1.51 bits per heavy atom. The van der Waals surface area contributed by atoms with E-state index in [1.54, 1.807) is 36.4 Å². The van der Waals surface area contributed by atoms with Crippen molar-refractivity contribution >= 4 is 39.1 Å². The summed E-state index contributed by atoms with van der Waals surface area (Å²) < 4.78 is 42.9. The lowest BCUT2D eigenvalue weighted by atomic mass is 10.0. The van der Waals surface area contributed by atoms with Crippen LogP contribution in [-0.2, 0) is 32.6 Å². The van der Waals surface area contributed by atoms with Gasteiger partial charge in [0.25, 0.3) is 10.0 Å². The van der Waals surface area contributed by atoms with E-state index in [0.29, 0.717) is 17.1 Å². The molecule has 2 amide bonds. The van der Waals surface area contributed by atoms with Crippen LogP contribution in [0.5, 0.6) is 0 Å². The molecule has 45 heavy (non-hydrogen) atoms. The molecule has 4 aromatic rings. The summed E-state index contributed by atoms with van der Waals surface area (Å²) in [6, 6.07) is 26.5. The molecule has 0 saturated carbocycles. The number of aryl methyl sites for hydroxylation is 1. The highest BCUT2D eigenvalue weighted by atomic mass is 35.5. The van der Waals surface area contributed by atoms with Crippen molar-refractivity contribution in [3.8, 4) is 0 Å². The smallest absolute Gasteiger partial charge is 0.264 e. The molecular weight excluding hydrogens is 613 g/mol. The molecular formula is C35H37ClFN3O4S. The molecule has 0 spiro atoms. The number of hydrogen-bond donors (Lipinski definition) is 1. The largest absolute Gasteiger partial charge is 0.354 e. The van der Waals surface area contributed by atoms with Gasteiger partial charge in [0, 0.05) is 24.5 Å². The minimum Gasteiger partial charge on any atom is -0.354 e. The van der Waals surface area contributed by atoms with Crippen molar-refractivity contribution in [3.05, 3.63) is 131 Å². The first-order chi connectivity index (χ1) is 21.6. The Bertz CT molecular complexity index is 1670. The van der Waals surface area contributed by atoms with Crippen LogP contribution in [-0.4, -0.2) is 44.3 Å². The molecule has 0 aliphatic rings. The van der Waals surface area contributed by atoms with E-state index in [4.69, 9.17) is 11.6 Å². The number of sulfonamides is 1. The van der Waals surface area contributed by atoms with Gasteiger partial charge >= 0.3 is 0 Å². The van der Waals surface area contributed by atoms with Crippen molar-refractivity contribution in [3.63, 3.8) is 0 Å². The quantitative estimate of drug-likeness (QED) is 0.157. The molecule has 0 aliphatic carbocycles. The fourth-order valence-corrected chi connectivity index (χ4v) is 6.36. The standard InChI is InChI=1S/C35H37ClFN3O4S/c1-3-4-22-38-35(42)33(23-27-8-6-5-7-9-27)39(24-28-12-16-30(37)17-13-28)34(41)25-40(31-18-10-26(2)11-19-31)45(43,44)32-20-14-29(36)15-21-32/h5-21,33H,3-4,22-25H2,1-2H3,(H,38,42). The Labute approximate surface area is 269 Å². The Kier molecular flexibility index (Phi) is 11.7. The van der Waals surface area contributed by atoms with Crippen LogP contribution in [0.4, 0.5) is 10.1 Å². The van der Waals surface area contributed by atoms with E-state index >= 15 is 0 Å². The van der Waals surface area contributed by atoms with Crippen LogP contribution in [0.2, 0.25) is 5.02 Å². The molecule has 4 rings (SSSR count). The Morgan fingerprint density at radius 3 is 2.13 bits per heavy atom. The van der Waals surface area contributed by atoms with Gasteiger partial charge in [-0.1, -0.05) is 85.1 Å². The van der Waals surface area contributed by atoms with Crippen LogP contribution in [0.3, 0.4) is 0 Å². The van der Waals surface area contributed by atoms with Gasteiger partial charge in [-0.3, -0.25) is 13.9 Å². The molecule has 0 saturated heterocycles. The van der Waals surface area contributed by atoms with Crippen molar-refractivity contribution in [1.82, 2.24) is 10.2 Å². The fraction of sp³-hybridized carbons (Fsp3) is 0.257. The summed E-state index contributed by atoms with van der Waals surface area (Å²) in [4.78, 5) is 29.5. The van der Waals surface area contributed by atoms with Crippen molar-refractivity contribution in [2.75, 3.05) is 17.4 Å². The van der Waals surface area contributed by atoms with E-state index in [2.05, 4.69) is 5.32 Å². The van der Waals surface area contributed by atoms with Gasteiger partial charge in [-0.15, -0.1) is 0 Å². The molecule has 1 unspecified atom stereocenters. The summed E-state index contributed by atoms with van der Waals surface area (Å²) in [5.41, 5.74) is 2.62. The van der Waals surface area contributed by atoms with Gasteiger partial charge in [0.15, 0.2) is 0 Å². The maximum absolute atomic E-state index is 14.4. The molecule has 0 bridgehead atoms. The molecule has 0 aromatic heterocycles. The molecule has 0 radical (unpaired) electrons. The third kappa shape index (κ3) is 9.15. The summed E-state index contributed by atoms with van der Waals surface area (Å²) in [6.45, 7) is 3.70. The monoisotopic (exact) mass is 649 g/mol. The molecule has 0 aliphatic heterocycles. The van der Waals surface area contributed by atoms with Crippen LogP contribution in [0.15, 0.2) is 108 Å². The summed E-state index contributed by atoms with van der Waals surface area (Å²) >= 11 is 6.03. The van der Waals surface area contributed by atoms with Crippen molar-refractivity contribution < 1.29 is 22.4 Å². The number of anilines is 1. The predicted molar refractivity (Wildman–Crippen MR) is 176 cm³/mol. The number of nitrogens with one attached hydrogen (secondary N) is 1. The number of carbonyl (C=O) groups is 2. The highest BCUT2D eigenvalue weighted by Crippen LogP contribution is 2.26. The van der Waals surface area contributed by atoms with Gasteiger partial charge in [-0.05, 0) is 73.0 Å². The lowest BCUT2D eigenvalue weighted by Gasteiger charge is -2.34. The van der Waals surface area contributed by atoms with Crippen molar-refractivity contribution in [2.24, 2.45) is 0 Å². The molecule has 236 valence electrons. The summed E-state index contributed by atoms with van der Waals surface area (Å²) in [5, 5.41) is 3.32. The molecule has 0 heterocycles. The molecule has 0 fully saturated rings. The Hall–Kier alpha value is -4.21. The van der Waals surface area contributed by atoms with Gasteiger partial charge in [0.2, 0.25) is 11.8 Å². The predicted octanol–water partition coefficient (Wildman–Crippen LogP) is 6.54. The van der Waals surface area contributed by atoms with Crippen molar-refractivity contribution in [2.45, 2.75) is 50.6 Å². The van der Waals surface area contributed by atoms with Crippen LogP contribution in [0.25, 0.3) is 0 Å². The number of hydrogen-bond acceptors (Lipinski definition) is 4. The zero-order valence-electron chi connectivity index (χ0n) is 25.3. The van der Waals surface area contributed by atoms with E-state index in [1.165, 1.54) is 41.3 Å².